The van der Waals surface area contributed by atoms with E-state index < -0.39 is 17.8 Å². The minimum Gasteiger partial charge on any atom is -0.335 e. The second-order valence-corrected chi connectivity index (χ2v) is 7.91. The lowest BCUT2D eigenvalue weighted by atomic mass is 9.81. The van der Waals surface area contributed by atoms with Crippen molar-refractivity contribution < 1.29 is 22.9 Å². The van der Waals surface area contributed by atoms with Crippen LogP contribution in [-0.2, 0) is 6.18 Å². The molecule has 1 aromatic rings. The maximum atomic E-state index is 13.1. The molecule has 3 N–H and O–H groups in total. The molecule has 4 atom stereocenters. The van der Waals surface area contributed by atoms with Crippen LogP contribution in [0, 0.1) is 0 Å². The number of nitrogens with one attached hydrogen (secondary N) is 3. The molecule has 2 aliphatic heterocycles. The standard InChI is InChI=1S/C19H24F3N3O/c20-19(21,22)16-6-1-2-7-17(16)24-18(26)23-12-10-14-4-3-5-15(11-12)25(14)13-8-9-13/h1-2,6-7,12-15H,3-5,8-11H2,(H2,23,24,26)/p+1/t12?,14-,15+. The molecule has 3 aliphatic rings. The first kappa shape index (κ1) is 17.6. The van der Waals surface area contributed by atoms with E-state index in [1.807, 2.05) is 0 Å². The van der Waals surface area contributed by atoms with Crippen molar-refractivity contribution >= 4 is 11.7 Å². The van der Waals surface area contributed by atoms with E-state index in [0.29, 0.717) is 12.1 Å². The number of rotatable bonds is 3. The highest BCUT2D eigenvalue weighted by molar-refractivity contribution is 5.90. The van der Waals surface area contributed by atoms with E-state index in [-0.39, 0.29) is 11.7 Å². The maximum Gasteiger partial charge on any atom is 0.418 e. The fourth-order valence-corrected chi connectivity index (χ4v) is 4.95. The molecular weight excluding hydrogens is 343 g/mol. The van der Waals surface area contributed by atoms with Gasteiger partial charge in [0, 0.05) is 31.7 Å². The second kappa shape index (κ2) is 6.76. The Balaban J connectivity index is 1.39. The number of hydrogen-bond acceptors (Lipinski definition) is 1. The summed E-state index contributed by atoms with van der Waals surface area (Å²) in [6, 6.07) is 6.57. The third-order valence-electron chi connectivity index (χ3n) is 6.05. The second-order valence-electron chi connectivity index (χ2n) is 7.91. The van der Waals surface area contributed by atoms with Crippen molar-refractivity contribution in [1.29, 1.82) is 0 Å². The van der Waals surface area contributed by atoms with Crippen molar-refractivity contribution in [3.05, 3.63) is 29.8 Å². The molecule has 142 valence electrons. The first-order valence-corrected chi connectivity index (χ1v) is 9.52. The van der Waals surface area contributed by atoms with Crippen LogP contribution in [-0.4, -0.2) is 30.2 Å². The number of amides is 2. The minimum absolute atomic E-state index is 0.0471. The number of alkyl halides is 3. The number of benzene rings is 1. The quantitative estimate of drug-likeness (QED) is 0.755. The van der Waals surface area contributed by atoms with Gasteiger partial charge in [0.15, 0.2) is 0 Å². The summed E-state index contributed by atoms with van der Waals surface area (Å²) in [6.07, 6.45) is 3.64. The molecule has 0 aromatic heterocycles. The SMILES string of the molecule is O=C(Nc1ccccc1C(F)(F)F)NC1C[C@H]2CCC[C@@H](C1)[NH+]2C1CC1. The summed E-state index contributed by atoms with van der Waals surface area (Å²) in [6.45, 7) is 0. The Morgan fingerprint density at radius 2 is 1.65 bits per heavy atom. The number of fused-ring (bicyclic) bond motifs is 2. The van der Waals surface area contributed by atoms with Crippen LogP contribution in [0.3, 0.4) is 0 Å². The third kappa shape index (κ3) is 3.68. The lowest BCUT2D eigenvalue weighted by Gasteiger charge is -2.46. The highest BCUT2D eigenvalue weighted by atomic mass is 19.4. The number of anilines is 1. The van der Waals surface area contributed by atoms with Crippen molar-refractivity contribution in [3.63, 3.8) is 0 Å². The first-order chi connectivity index (χ1) is 12.4. The van der Waals surface area contributed by atoms with Crippen molar-refractivity contribution in [2.75, 3.05) is 5.32 Å². The van der Waals surface area contributed by atoms with Crippen LogP contribution in [0.2, 0.25) is 0 Å². The molecule has 4 nitrogen and oxygen atoms in total. The summed E-state index contributed by atoms with van der Waals surface area (Å²) in [7, 11) is 0. The van der Waals surface area contributed by atoms with Crippen LogP contribution in [0.4, 0.5) is 23.7 Å². The number of halogens is 3. The summed E-state index contributed by atoms with van der Waals surface area (Å²) >= 11 is 0. The molecule has 26 heavy (non-hydrogen) atoms. The van der Waals surface area contributed by atoms with Crippen LogP contribution < -0.4 is 15.5 Å². The van der Waals surface area contributed by atoms with Gasteiger partial charge >= 0.3 is 12.2 Å². The lowest BCUT2D eigenvalue weighted by Crippen LogP contribution is -3.22. The van der Waals surface area contributed by atoms with E-state index >= 15 is 0 Å². The van der Waals surface area contributed by atoms with Gasteiger partial charge in [0.2, 0.25) is 0 Å². The zero-order valence-electron chi connectivity index (χ0n) is 14.6. The van der Waals surface area contributed by atoms with Gasteiger partial charge in [-0.05, 0) is 31.4 Å². The Morgan fingerprint density at radius 1 is 1.00 bits per heavy atom. The fourth-order valence-electron chi connectivity index (χ4n) is 4.95. The van der Waals surface area contributed by atoms with Crippen molar-refractivity contribution in [2.45, 2.75) is 75.3 Å². The zero-order chi connectivity index (χ0) is 18.3. The first-order valence-electron chi connectivity index (χ1n) is 9.52. The number of quaternary nitrogens is 1. The highest BCUT2D eigenvalue weighted by Crippen LogP contribution is 2.34. The summed E-state index contributed by atoms with van der Waals surface area (Å²) in [5.74, 6) is 0. The molecule has 2 heterocycles. The maximum absolute atomic E-state index is 13.1. The number of carbonyl (C=O) groups excluding carboxylic acids is 1. The van der Waals surface area contributed by atoms with Crippen molar-refractivity contribution in [1.82, 2.24) is 5.32 Å². The highest BCUT2D eigenvalue weighted by Gasteiger charge is 2.49. The molecule has 3 fully saturated rings. The summed E-state index contributed by atoms with van der Waals surface area (Å²) in [5, 5.41) is 5.32. The number of carbonyl (C=O) groups is 1. The van der Waals surface area contributed by atoms with Gasteiger partial charge in [0.1, 0.15) is 0 Å². The zero-order valence-corrected chi connectivity index (χ0v) is 14.6. The van der Waals surface area contributed by atoms with Crippen LogP contribution >= 0.6 is 0 Å². The Kier molecular flexibility index (Phi) is 4.59. The fraction of sp³-hybridized carbons (Fsp3) is 0.632. The topological polar surface area (TPSA) is 45.6 Å². The van der Waals surface area contributed by atoms with Crippen LogP contribution in [0.15, 0.2) is 24.3 Å². The van der Waals surface area contributed by atoms with E-state index in [1.54, 1.807) is 4.90 Å². The van der Waals surface area contributed by atoms with Gasteiger partial charge in [0.25, 0.3) is 0 Å². The largest absolute Gasteiger partial charge is 0.418 e. The molecular formula is C19H25F3N3O+. The van der Waals surface area contributed by atoms with Gasteiger partial charge in [0.05, 0.1) is 29.4 Å². The van der Waals surface area contributed by atoms with E-state index in [0.717, 1.165) is 24.9 Å². The predicted octanol–water partition coefficient (Wildman–Crippen LogP) is 2.96. The average Bonchev–Trinajstić information content (AvgIpc) is 3.38. The van der Waals surface area contributed by atoms with E-state index in [1.165, 1.54) is 50.3 Å². The molecule has 2 amide bonds. The Bertz CT molecular complexity index is 660. The average molecular weight is 368 g/mol. The van der Waals surface area contributed by atoms with Gasteiger partial charge in [-0.2, -0.15) is 13.2 Å². The predicted molar refractivity (Wildman–Crippen MR) is 92.0 cm³/mol. The molecule has 1 aliphatic carbocycles. The smallest absolute Gasteiger partial charge is 0.335 e. The van der Waals surface area contributed by atoms with E-state index in [9.17, 15) is 18.0 Å². The number of piperidine rings is 2. The van der Waals surface area contributed by atoms with Gasteiger partial charge in [-0.25, -0.2) is 4.79 Å². The molecule has 0 radical (unpaired) electrons. The monoisotopic (exact) mass is 368 g/mol. The van der Waals surface area contributed by atoms with Gasteiger partial charge in [-0.1, -0.05) is 12.1 Å². The molecule has 2 bridgehead atoms. The summed E-state index contributed by atoms with van der Waals surface area (Å²) < 4.78 is 39.2. The minimum atomic E-state index is -4.49. The van der Waals surface area contributed by atoms with Gasteiger partial charge < -0.3 is 15.5 Å². The molecule has 0 spiro atoms. The third-order valence-corrected chi connectivity index (χ3v) is 6.05. The molecule has 4 rings (SSSR count). The molecule has 1 saturated carbocycles. The van der Waals surface area contributed by atoms with Crippen LogP contribution in [0.1, 0.15) is 50.5 Å². The summed E-state index contributed by atoms with van der Waals surface area (Å²) in [4.78, 5) is 14.0. The molecule has 7 heteroatoms. The Morgan fingerprint density at radius 3 is 2.27 bits per heavy atom. The molecule has 1 aromatic carbocycles. The van der Waals surface area contributed by atoms with Gasteiger partial charge in [-0.3, -0.25) is 0 Å². The number of hydrogen-bond donors (Lipinski definition) is 3. The van der Waals surface area contributed by atoms with E-state index in [2.05, 4.69) is 10.6 Å². The number of para-hydroxylation sites is 1. The van der Waals surface area contributed by atoms with Crippen molar-refractivity contribution in [3.8, 4) is 0 Å². The molecule has 2 unspecified atom stereocenters. The van der Waals surface area contributed by atoms with Crippen LogP contribution in [0.25, 0.3) is 0 Å². The normalized spacial score (nSPS) is 31.3. The lowest BCUT2D eigenvalue weighted by molar-refractivity contribution is -0.971. The Labute approximate surface area is 151 Å². The van der Waals surface area contributed by atoms with Crippen LogP contribution in [0.5, 0.6) is 0 Å². The Hall–Kier alpha value is -1.76. The number of urea groups is 1. The van der Waals surface area contributed by atoms with Gasteiger partial charge in [-0.15, -0.1) is 0 Å². The van der Waals surface area contributed by atoms with Crippen molar-refractivity contribution in [2.24, 2.45) is 0 Å². The molecule has 2 saturated heterocycles. The van der Waals surface area contributed by atoms with E-state index in [4.69, 9.17) is 0 Å². The summed E-state index contributed by atoms with van der Waals surface area (Å²) in [5.41, 5.74) is -1.02.